The molecular weight excluding hydrogens is 760 g/mol. The van der Waals surface area contributed by atoms with Crippen molar-refractivity contribution in [2.75, 3.05) is 56.2 Å². The van der Waals surface area contributed by atoms with E-state index in [1.54, 1.807) is 0 Å². The lowest BCUT2D eigenvalue weighted by molar-refractivity contribution is 0.171. The number of hydrogen-bond acceptors (Lipinski definition) is 4. The minimum absolute atomic E-state index is 0.639. The second-order valence-corrected chi connectivity index (χ2v) is 14.4. The Labute approximate surface area is 291 Å². The lowest BCUT2D eigenvalue weighted by Crippen LogP contribution is -2.46. The molecule has 0 saturated carbocycles. The second-order valence-electron chi connectivity index (χ2n) is 11.8. The second kappa shape index (κ2) is 15.9. The molecule has 5 aromatic rings. The van der Waals surface area contributed by atoms with Gasteiger partial charge in [-0.05, 0) is 105 Å². The molecule has 0 spiro atoms. The Morgan fingerprint density at radius 3 is 1.87 bits per heavy atom. The van der Waals surface area contributed by atoms with E-state index in [4.69, 9.17) is 9.47 Å². The predicted octanol–water partition coefficient (Wildman–Crippen LogP) is 9.49. The lowest BCUT2D eigenvalue weighted by Gasteiger charge is -2.36. The summed E-state index contributed by atoms with van der Waals surface area (Å²) >= 11 is 10.6. The van der Waals surface area contributed by atoms with E-state index in [0.29, 0.717) is 13.2 Å². The van der Waals surface area contributed by atoms with E-state index in [2.05, 4.69) is 128 Å². The molecule has 0 atom stereocenters. The molecule has 0 aliphatic carbocycles. The van der Waals surface area contributed by atoms with Crippen LogP contribution >= 0.6 is 47.8 Å². The molecule has 1 fully saturated rings. The Balaban J connectivity index is 0.000000200. The molecule has 1 saturated heterocycles. The molecule has 9 heteroatoms. The van der Waals surface area contributed by atoms with Crippen molar-refractivity contribution in [3.63, 3.8) is 0 Å². The molecule has 0 bridgehead atoms. The maximum Gasteiger partial charge on any atom is 0.163 e. The highest BCUT2D eigenvalue weighted by Crippen LogP contribution is 2.34. The number of nitrogens with one attached hydrogen (secondary N) is 2. The summed E-state index contributed by atoms with van der Waals surface area (Å²) in [6, 6.07) is 19.2. The summed E-state index contributed by atoms with van der Waals surface area (Å²) in [6.45, 7) is 6.83. The van der Waals surface area contributed by atoms with E-state index < -0.39 is 0 Å². The fraction of sp³-hybridized carbons (Fsp3) is 0.389. The highest BCUT2D eigenvalue weighted by atomic mass is 79.9. The van der Waals surface area contributed by atoms with Gasteiger partial charge in [0.15, 0.2) is 11.5 Å². The summed E-state index contributed by atoms with van der Waals surface area (Å²) in [5.41, 5.74) is 6.54. The van der Waals surface area contributed by atoms with Crippen molar-refractivity contribution in [1.82, 2.24) is 14.9 Å². The minimum Gasteiger partial charge on any atom is -0.486 e. The van der Waals surface area contributed by atoms with Crippen molar-refractivity contribution in [2.45, 2.75) is 38.5 Å². The number of nitrogens with zero attached hydrogens (tertiary/aromatic N) is 2. The molecule has 2 aliphatic heterocycles. The molecular formula is C36H41Br3N4O2. The van der Waals surface area contributed by atoms with Crippen LogP contribution in [0.3, 0.4) is 0 Å². The summed E-state index contributed by atoms with van der Waals surface area (Å²) in [5.74, 6) is 1.75. The van der Waals surface area contributed by atoms with E-state index in [1.165, 1.54) is 70.8 Å². The number of rotatable bonds is 10. The number of ether oxygens (including phenoxy) is 2. The number of benzene rings is 3. The number of aryl methyl sites for hydroxylation is 2. The quantitative estimate of drug-likeness (QED) is 0.109. The van der Waals surface area contributed by atoms with Crippen LogP contribution in [0.5, 0.6) is 11.5 Å². The number of hydrogen-bond donors (Lipinski definition) is 2. The Hall–Kier alpha value is -2.46. The van der Waals surface area contributed by atoms with Gasteiger partial charge >= 0.3 is 0 Å². The molecule has 2 N–H and O–H groups in total. The number of unbranched alkanes of at least 4 members (excludes halogenated alkanes) is 2. The standard InChI is InChI=1S/C24H28BrN3O2.C12H13Br2N/c25-19-4-6-22-21(15-19)18(17-26-22)3-1-2-8-27-9-11-28(12-10-27)20-5-7-23-24(16-20)30-14-13-29-23;13-6-2-1-3-9-8-15-12-5-4-10(14)7-11(9)12/h4-7,15-17,26H,1-3,8-14H2;4-5,7-8,15H,1-3,6H2. The lowest BCUT2D eigenvalue weighted by atomic mass is 10.1. The minimum atomic E-state index is 0.639. The Morgan fingerprint density at radius 2 is 1.24 bits per heavy atom. The van der Waals surface area contributed by atoms with Crippen molar-refractivity contribution >= 4 is 75.3 Å². The summed E-state index contributed by atoms with van der Waals surface area (Å²) in [4.78, 5) is 11.8. The number of halogens is 3. The molecule has 4 heterocycles. The molecule has 3 aromatic carbocycles. The summed E-state index contributed by atoms with van der Waals surface area (Å²) < 4.78 is 13.7. The van der Waals surface area contributed by atoms with E-state index in [1.807, 2.05) is 6.07 Å². The van der Waals surface area contributed by atoms with Gasteiger partial charge < -0.3 is 24.3 Å². The number of aromatic nitrogens is 2. The van der Waals surface area contributed by atoms with Crippen molar-refractivity contribution in [2.24, 2.45) is 0 Å². The topological polar surface area (TPSA) is 56.5 Å². The highest BCUT2D eigenvalue weighted by molar-refractivity contribution is 9.10. The van der Waals surface area contributed by atoms with Crippen LogP contribution in [0.2, 0.25) is 0 Å². The maximum absolute atomic E-state index is 5.74. The zero-order valence-corrected chi connectivity index (χ0v) is 30.4. The van der Waals surface area contributed by atoms with Gasteiger partial charge in [-0.15, -0.1) is 0 Å². The molecule has 7 rings (SSSR count). The molecule has 0 amide bonds. The first-order valence-electron chi connectivity index (χ1n) is 16.0. The zero-order chi connectivity index (χ0) is 31.0. The Kier molecular flexibility index (Phi) is 11.5. The molecule has 6 nitrogen and oxygen atoms in total. The Morgan fingerprint density at radius 1 is 0.644 bits per heavy atom. The number of alkyl halides is 1. The third-order valence-electron chi connectivity index (χ3n) is 8.72. The number of anilines is 1. The van der Waals surface area contributed by atoms with E-state index in [0.717, 1.165) is 64.8 Å². The van der Waals surface area contributed by atoms with Crippen LogP contribution in [0.15, 0.2) is 75.9 Å². The van der Waals surface area contributed by atoms with Gasteiger partial charge in [-0.3, -0.25) is 4.90 Å². The van der Waals surface area contributed by atoms with Crippen molar-refractivity contribution < 1.29 is 9.47 Å². The first-order chi connectivity index (χ1) is 22.1. The van der Waals surface area contributed by atoms with Crippen LogP contribution in [0, 0.1) is 0 Å². The van der Waals surface area contributed by atoms with Gasteiger partial charge in [0.05, 0.1) is 0 Å². The summed E-state index contributed by atoms with van der Waals surface area (Å²) in [5, 5.41) is 3.79. The molecule has 2 aliphatic rings. The van der Waals surface area contributed by atoms with Gasteiger partial charge in [-0.2, -0.15) is 0 Å². The average Bonchev–Trinajstić information content (AvgIpc) is 3.66. The number of H-pyrrole nitrogens is 2. The fourth-order valence-corrected chi connectivity index (χ4v) is 7.35. The average molecular weight is 801 g/mol. The smallest absolute Gasteiger partial charge is 0.163 e. The van der Waals surface area contributed by atoms with Crippen molar-refractivity contribution in [3.05, 3.63) is 87.1 Å². The molecule has 2 aromatic heterocycles. The van der Waals surface area contributed by atoms with Gasteiger partial charge in [-0.1, -0.05) is 47.8 Å². The first kappa shape index (κ1) is 32.5. The third-order valence-corrected chi connectivity index (χ3v) is 10.3. The van der Waals surface area contributed by atoms with Gasteiger partial charge in [0, 0.05) is 86.4 Å². The molecule has 0 unspecified atom stereocenters. The number of aromatic amines is 2. The maximum atomic E-state index is 5.74. The number of fused-ring (bicyclic) bond motifs is 3. The van der Waals surface area contributed by atoms with Gasteiger partial charge in [-0.25, -0.2) is 0 Å². The van der Waals surface area contributed by atoms with E-state index in [-0.39, 0.29) is 0 Å². The van der Waals surface area contributed by atoms with Crippen LogP contribution in [0.25, 0.3) is 21.8 Å². The van der Waals surface area contributed by atoms with Crippen LogP contribution in [-0.4, -0.2) is 66.1 Å². The summed E-state index contributed by atoms with van der Waals surface area (Å²) in [6.07, 6.45) is 11.5. The first-order valence-corrected chi connectivity index (χ1v) is 18.7. The van der Waals surface area contributed by atoms with Gasteiger partial charge in [0.1, 0.15) is 13.2 Å². The normalized spacial score (nSPS) is 15.0. The molecule has 45 heavy (non-hydrogen) atoms. The molecule has 238 valence electrons. The largest absolute Gasteiger partial charge is 0.486 e. The fourth-order valence-electron chi connectivity index (χ4n) is 6.23. The van der Waals surface area contributed by atoms with E-state index >= 15 is 0 Å². The van der Waals surface area contributed by atoms with Crippen LogP contribution < -0.4 is 14.4 Å². The highest BCUT2D eigenvalue weighted by Gasteiger charge is 2.19. The third kappa shape index (κ3) is 8.47. The zero-order valence-electron chi connectivity index (χ0n) is 25.6. The van der Waals surface area contributed by atoms with Crippen molar-refractivity contribution in [3.8, 4) is 11.5 Å². The SMILES string of the molecule is BrCCCCc1c[nH]c2ccc(Br)cc12.Brc1ccc2[nH]cc(CCCCN3CCN(c4ccc5c(c4)OCCO5)CC3)c2c1. The predicted molar refractivity (Wildman–Crippen MR) is 198 cm³/mol. The van der Waals surface area contributed by atoms with Crippen molar-refractivity contribution in [1.29, 1.82) is 0 Å². The molecule has 0 radical (unpaired) electrons. The van der Waals surface area contributed by atoms with Crippen LogP contribution in [-0.2, 0) is 12.8 Å². The van der Waals surface area contributed by atoms with Gasteiger partial charge in [0.25, 0.3) is 0 Å². The monoisotopic (exact) mass is 798 g/mol. The van der Waals surface area contributed by atoms with E-state index in [9.17, 15) is 0 Å². The van der Waals surface area contributed by atoms with Crippen LogP contribution in [0.1, 0.15) is 36.8 Å². The van der Waals surface area contributed by atoms with Gasteiger partial charge in [0.2, 0.25) is 0 Å². The summed E-state index contributed by atoms with van der Waals surface area (Å²) in [7, 11) is 0. The van der Waals surface area contributed by atoms with Crippen LogP contribution in [0.4, 0.5) is 5.69 Å². The Bertz CT molecular complexity index is 1690. The number of piperazine rings is 1.